The van der Waals surface area contributed by atoms with Crippen LogP contribution in [0.5, 0.6) is 5.75 Å². The lowest BCUT2D eigenvalue weighted by atomic mass is 9.85. The second kappa shape index (κ2) is 4.56. The van der Waals surface area contributed by atoms with Crippen LogP contribution >= 0.6 is 0 Å². The Hall–Kier alpha value is -1.94. The molecule has 1 aliphatic rings. The van der Waals surface area contributed by atoms with Crippen molar-refractivity contribution in [1.82, 2.24) is 0 Å². The summed E-state index contributed by atoms with van der Waals surface area (Å²) in [7, 11) is 1.42. The van der Waals surface area contributed by atoms with E-state index >= 15 is 0 Å². The molecule has 0 saturated heterocycles. The quantitative estimate of drug-likeness (QED) is 0.914. The summed E-state index contributed by atoms with van der Waals surface area (Å²) >= 11 is 0. The van der Waals surface area contributed by atoms with Gasteiger partial charge < -0.3 is 10.5 Å². The fourth-order valence-electron chi connectivity index (χ4n) is 2.91. The minimum atomic E-state index is -0.768. The monoisotopic (exact) mass is 275 g/mol. The van der Waals surface area contributed by atoms with Crippen LogP contribution in [0.1, 0.15) is 23.1 Å². The van der Waals surface area contributed by atoms with Crippen molar-refractivity contribution >= 4 is 0 Å². The Kier molecular flexibility index (Phi) is 2.98. The molecule has 2 nitrogen and oxygen atoms in total. The van der Waals surface area contributed by atoms with Crippen LogP contribution in [0.25, 0.3) is 0 Å². The van der Waals surface area contributed by atoms with E-state index in [4.69, 9.17) is 10.5 Å². The van der Waals surface area contributed by atoms with Crippen LogP contribution in [-0.4, -0.2) is 7.11 Å². The molecule has 1 atom stereocenters. The molecule has 2 N–H and O–H groups in total. The Bertz CT molecular complexity index is 672. The Balaban J connectivity index is 2.09. The molecule has 0 aromatic heterocycles. The first-order valence-corrected chi connectivity index (χ1v) is 6.46. The van der Waals surface area contributed by atoms with Gasteiger partial charge in [-0.15, -0.1) is 0 Å². The number of fused-ring (bicyclic) bond motifs is 1. The van der Waals surface area contributed by atoms with E-state index < -0.39 is 11.4 Å². The van der Waals surface area contributed by atoms with Crippen molar-refractivity contribution in [3.05, 3.63) is 64.7 Å². The lowest BCUT2D eigenvalue weighted by molar-refractivity contribution is 0.385. The SMILES string of the molecule is COc1ccc(C2(N)CCc3cc(F)ccc32)cc1F. The standard InChI is InChI=1S/C16H15F2NO/c1-20-15-5-2-11(9-14(15)18)16(19)7-6-10-8-12(17)3-4-13(10)16/h2-5,8-9H,6-7,19H2,1H3. The van der Waals surface area contributed by atoms with E-state index in [-0.39, 0.29) is 11.6 Å². The van der Waals surface area contributed by atoms with Gasteiger partial charge in [0.25, 0.3) is 0 Å². The molecule has 0 fully saturated rings. The number of halogens is 2. The van der Waals surface area contributed by atoms with Crippen molar-refractivity contribution in [1.29, 1.82) is 0 Å². The lowest BCUT2D eigenvalue weighted by Gasteiger charge is -2.26. The first kappa shape index (κ1) is 13.1. The molecule has 104 valence electrons. The van der Waals surface area contributed by atoms with Crippen LogP contribution in [0, 0.1) is 11.6 Å². The molecule has 0 saturated carbocycles. The van der Waals surface area contributed by atoms with Gasteiger partial charge in [0, 0.05) is 0 Å². The Morgan fingerprint density at radius 1 is 1.15 bits per heavy atom. The first-order chi connectivity index (χ1) is 9.54. The highest BCUT2D eigenvalue weighted by Crippen LogP contribution is 2.41. The van der Waals surface area contributed by atoms with E-state index in [2.05, 4.69) is 0 Å². The molecule has 0 radical (unpaired) electrons. The third-order valence-electron chi connectivity index (χ3n) is 4.00. The van der Waals surface area contributed by atoms with E-state index in [0.717, 1.165) is 11.1 Å². The van der Waals surface area contributed by atoms with Gasteiger partial charge in [-0.3, -0.25) is 0 Å². The van der Waals surface area contributed by atoms with E-state index in [1.54, 1.807) is 18.2 Å². The summed E-state index contributed by atoms with van der Waals surface area (Å²) < 4.78 is 32.1. The van der Waals surface area contributed by atoms with Gasteiger partial charge in [0.05, 0.1) is 12.6 Å². The molecule has 2 aromatic rings. The summed E-state index contributed by atoms with van der Waals surface area (Å²) in [4.78, 5) is 0. The minimum Gasteiger partial charge on any atom is -0.494 e. The highest BCUT2D eigenvalue weighted by atomic mass is 19.1. The number of methoxy groups -OCH3 is 1. The zero-order chi connectivity index (χ0) is 14.3. The number of hydrogen-bond donors (Lipinski definition) is 1. The molecular formula is C16H15F2NO. The molecule has 4 heteroatoms. The summed E-state index contributed by atoms with van der Waals surface area (Å²) in [6, 6.07) is 9.33. The number of nitrogens with two attached hydrogens (primary N) is 1. The van der Waals surface area contributed by atoms with Crippen LogP contribution in [-0.2, 0) is 12.0 Å². The van der Waals surface area contributed by atoms with Crippen molar-refractivity contribution in [2.24, 2.45) is 5.73 Å². The molecule has 2 aromatic carbocycles. The summed E-state index contributed by atoms with van der Waals surface area (Å²) in [5, 5.41) is 0. The summed E-state index contributed by atoms with van der Waals surface area (Å²) in [6.45, 7) is 0. The predicted octanol–water partition coefficient (Wildman–Crippen LogP) is 3.12. The Labute approximate surface area is 116 Å². The second-order valence-corrected chi connectivity index (χ2v) is 5.12. The van der Waals surface area contributed by atoms with Crippen LogP contribution in [0.15, 0.2) is 36.4 Å². The van der Waals surface area contributed by atoms with Gasteiger partial charge in [-0.1, -0.05) is 12.1 Å². The van der Waals surface area contributed by atoms with Crippen LogP contribution in [0.4, 0.5) is 8.78 Å². The fourth-order valence-corrected chi connectivity index (χ4v) is 2.91. The number of benzene rings is 2. The van der Waals surface area contributed by atoms with Crippen LogP contribution in [0.2, 0.25) is 0 Å². The second-order valence-electron chi connectivity index (χ2n) is 5.12. The Morgan fingerprint density at radius 2 is 1.95 bits per heavy atom. The van der Waals surface area contributed by atoms with Gasteiger partial charge in [-0.25, -0.2) is 8.78 Å². The smallest absolute Gasteiger partial charge is 0.165 e. The average Bonchev–Trinajstić information content (AvgIpc) is 2.77. The highest BCUT2D eigenvalue weighted by molar-refractivity contribution is 5.48. The molecule has 0 heterocycles. The third-order valence-corrected chi connectivity index (χ3v) is 4.00. The molecule has 1 unspecified atom stereocenters. The van der Waals surface area contributed by atoms with Crippen molar-refractivity contribution in [3.8, 4) is 5.75 Å². The van der Waals surface area contributed by atoms with E-state index in [1.807, 2.05) is 0 Å². The first-order valence-electron chi connectivity index (χ1n) is 6.46. The largest absolute Gasteiger partial charge is 0.494 e. The fraction of sp³-hybridized carbons (Fsp3) is 0.250. The average molecular weight is 275 g/mol. The van der Waals surface area contributed by atoms with Crippen molar-refractivity contribution in [2.75, 3.05) is 7.11 Å². The van der Waals surface area contributed by atoms with E-state index in [1.165, 1.54) is 25.3 Å². The van der Waals surface area contributed by atoms with Crippen molar-refractivity contribution in [3.63, 3.8) is 0 Å². The Morgan fingerprint density at radius 3 is 2.65 bits per heavy atom. The molecule has 0 amide bonds. The molecule has 0 aliphatic heterocycles. The number of ether oxygens (including phenoxy) is 1. The van der Waals surface area contributed by atoms with Crippen molar-refractivity contribution in [2.45, 2.75) is 18.4 Å². The summed E-state index contributed by atoms with van der Waals surface area (Å²) in [5.41, 5.74) is 8.14. The summed E-state index contributed by atoms with van der Waals surface area (Å²) in [6.07, 6.45) is 1.33. The van der Waals surface area contributed by atoms with Gasteiger partial charge in [-0.05, 0) is 53.8 Å². The number of aryl methyl sites for hydroxylation is 1. The number of hydrogen-bond acceptors (Lipinski definition) is 2. The molecule has 3 rings (SSSR count). The maximum Gasteiger partial charge on any atom is 0.165 e. The zero-order valence-corrected chi connectivity index (χ0v) is 11.1. The molecule has 1 aliphatic carbocycles. The van der Waals surface area contributed by atoms with Gasteiger partial charge in [0.1, 0.15) is 5.82 Å². The predicted molar refractivity (Wildman–Crippen MR) is 72.6 cm³/mol. The van der Waals surface area contributed by atoms with Gasteiger partial charge in [0.2, 0.25) is 0 Å². The van der Waals surface area contributed by atoms with Crippen molar-refractivity contribution < 1.29 is 13.5 Å². The van der Waals surface area contributed by atoms with E-state index in [0.29, 0.717) is 18.4 Å². The normalized spacial score (nSPS) is 20.8. The topological polar surface area (TPSA) is 35.2 Å². The molecule has 0 bridgehead atoms. The zero-order valence-electron chi connectivity index (χ0n) is 11.1. The highest BCUT2D eigenvalue weighted by Gasteiger charge is 2.37. The van der Waals surface area contributed by atoms with Gasteiger partial charge in [0.15, 0.2) is 11.6 Å². The van der Waals surface area contributed by atoms with Crippen LogP contribution in [0.3, 0.4) is 0 Å². The summed E-state index contributed by atoms with van der Waals surface area (Å²) in [5.74, 6) is -0.519. The molecule has 20 heavy (non-hydrogen) atoms. The lowest BCUT2D eigenvalue weighted by Crippen LogP contribution is -2.35. The van der Waals surface area contributed by atoms with Crippen LogP contribution < -0.4 is 10.5 Å². The molecule has 0 spiro atoms. The number of rotatable bonds is 2. The van der Waals surface area contributed by atoms with E-state index in [9.17, 15) is 8.78 Å². The van der Waals surface area contributed by atoms with Gasteiger partial charge >= 0.3 is 0 Å². The molecular weight excluding hydrogens is 260 g/mol. The third kappa shape index (κ3) is 1.88. The maximum absolute atomic E-state index is 13.9. The van der Waals surface area contributed by atoms with Gasteiger partial charge in [-0.2, -0.15) is 0 Å². The maximum atomic E-state index is 13.9. The minimum absolute atomic E-state index is 0.190.